The van der Waals surface area contributed by atoms with Crippen molar-refractivity contribution < 1.29 is 19.7 Å². The van der Waals surface area contributed by atoms with Crippen LogP contribution in [-0.4, -0.2) is 40.9 Å². The molecule has 21 heavy (non-hydrogen) atoms. The van der Waals surface area contributed by atoms with E-state index in [2.05, 4.69) is 5.32 Å². The van der Waals surface area contributed by atoms with Crippen molar-refractivity contribution in [2.75, 3.05) is 6.61 Å². The van der Waals surface area contributed by atoms with Crippen LogP contribution < -0.4 is 11.1 Å². The number of benzene rings is 1. The average Bonchev–Trinajstić information content (AvgIpc) is 2.40. The molecule has 2 rings (SSSR count). The van der Waals surface area contributed by atoms with E-state index >= 15 is 0 Å². The Morgan fingerprint density at radius 3 is 2.76 bits per heavy atom. The normalized spacial score (nSPS) is 22.4. The highest BCUT2D eigenvalue weighted by Crippen LogP contribution is 2.26. The van der Waals surface area contributed by atoms with Crippen LogP contribution in [0.4, 0.5) is 0 Å². The van der Waals surface area contributed by atoms with Crippen LogP contribution in [0.15, 0.2) is 18.2 Å². The van der Waals surface area contributed by atoms with E-state index in [0.717, 1.165) is 12.8 Å². The Bertz CT molecular complexity index is 500. The topological polar surface area (TPSA) is 105 Å². The molecular formula is C15H22N2O4. The van der Waals surface area contributed by atoms with E-state index in [0.29, 0.717) is 18.6 Å². The maximum atomic E-state index is 12.0. The lowest BCUT2D eigenvalue weighted by Crippen LogP contribution is -2.52. The number of carbonyl (C=O) groups excluding carboxylic acids is 1. The average molecular weight is 294 g/mol. The monoisotopic (exact) mass is 294 g/mol. The number of ether oxygens (including phenoxy) is 1. The van der Waals surface area contributed by atoms with Crippen molar-refractivity contribution in [3.63, 3.8) is 0 Å². The molecule has 0 unspecified atom stereocenters. The Morgan fingerprint density at radius 1 is 1.43 bits per heavy atom. The lowest BCUT2D eigenvalue weighted by Gasteiger charge is -2.35. The Labute approximate surface area is 123 Å². The van der Waals surface area contributed by atoms with Gasteiger partial charge in [0.1, 0.15) is 0 Å². The van der Waals surface area contributed by atoms with Crippen molar-refractivity contribution in [3.05, 3.63) is 23.8 Å². The summed E-state index contributed by atoms with van der Waals surface area (Å²) >= 11 is 0. The van der Waals surface area contributed by atoms with Crippen molar-refractivity contribution in [3.8, 4) is 11.5 Å². The van der Waals surface area contributed by atoms with E-state index < -0.39 is 6.04 Å². The molecule has 0 aliphatic heterocycles. The van der Waals surface area contributed by atoms with E-state index in [9.17, 15) is 15.0 Å². The fraction of sp³-hybridized carbons (Fsp3) is 0.533. The fourth-order valence-corrected chi connectivity index (χ4v) is 2.41. The van der Waals surface area contributed by atoms with E-state index in [1.54, 1.807) is 6.07 Å². The molecule has 1 amide bonds. The van der Waals surface area contributed by atoms with Crippen LogP contribution in [0.3, 0.4) is 0 Å². The molecule has 0 saturated heterocycles. The van der Waals surface area contributed by atoms with Gasteiger partial charge in [-0.3, -0.25) is 4.79 Å². The summed E-state index contributed by atoms with van der Waals surface area (Å²) in [4.78, 5) is 12.0. The van der Waals surface area contributed by atoms with Gasteiger partial charge in [0, 0.05) is 12.6 Å². The van der Waals surface area contributed by atoms with Gasteiger partial charge in [0.2, 0.25) is 5.91 Å². The summed E-state index contributed by atoms with van der Waals surface area (Å²) in [5, 5.41) is 21.6. The van der Waals surface area contributed by atoms with Crippen LogP contribution in [0.1, 0.15) is 25.3 Å². The van der Waals surface area contributed by atoms with Crippen molar-refractivity contribution in [2.24, 2.45) is 5.73 Å². The molecule has 1 saturated carbocycles. The molecule has 0 bridgehead atoms. The Kier molecular flexibility index (Phi) is 5.03. The third kappa shape index (κ3) is 4.09. The lowest BCUT2D eigenvalue weighted by atomic mass is 9.89. The van der Waals surface area contributed by atoms with Crippen molar-refractivity contribution in [2.45, 2.75) is 44.4 Å². The molecule has 1 aliphatic carbocycles. The van der Waals surface area contributed by atoms with E-state index in [1.807, 2.05) is 6.92 Å². The molecule has 0 spiro atoms. The number of aromatic hydroxyl groups is 2. The van der Waals surface area contributed by atoms with E-state index in [-0.39, 0.29) is 29.6 Å². The van der Waals surface area contributed by atoms with Crippen molar-refractivity contribution in [1.82, 2.24) is 5.32 Å². The number of phenols is 2. The number of carbonyl (C=O) groups is 1. The summed E-state index contributed by atoms with van der Waals surface area (Å²) in [6, 6.07) is 3.88. The first-order valence-corrected chi connectivity index (χ1v) is 7.18. The van der Waals surface area contributed by atoms with Crippen LogP contribution in [0.5, 0.6) is 11.5 Å². The summed E-state index contributed by atoms with van der Waals surface area (Å²) in [6.07, 6.45) is 2.20. The van der Waals surface area contributed by atoms with Crippen LogP contribution in [0.25, 0.3) is 0 Å². The van der Waals surface area contributed by atoms with Crippen molar-refractivity contribution in [1.29, 1.82) is 0 Å². The predicted octanol–water partition coefficient (Wildman–Crippen LogP) is 0.651. The summed E-state index contributed by atoms with van der Waals surface area (Å²) in [6.45, 7) is 2.64. The molecule has 0 aromatic heterocycles. The van der Waals surface area contributed by atoms with Gasteiger partial charge in [-0.1, -0.05) is 6.07 Å². The molecule has 0 heterocycles. The minimum atomic E-state index is -0.680. The third-order valence-electron chi connectivity index (χ3n) is 3.68. The number of hydrogen-bond donors (Lipinski definition) is 4. The summed E-state index contributed by atoms with van der Waals surface area (Å²) in [7, 11) is 0. The second-order valence-electron chi connectivity index (χ2n) is 5.39. The van der Waals surface area contributed by atoms with E-state index in [1.165, 1.54) is 12.1 Å². The summed E-state index contributed by atoms with van der Waals surface area (Å²) in [5.41, 5.74) is 6.57. The van der Waals surface area contributed by atoms with Crippen LogP contribution >= 0.6 is 0 Å². The summed E-state index contributed by atoms with van der Waals surface area (Å²) < 4.78 is 5.44. The molecule has 116 valence electrons. The predicted molar refractivity (Wildman–Crippen MR) is 78.0 cm³/mol. The standard InChI is InChI=1S/C15H22N2O4/c1-2-21-11-7-10(8-11)17-15(20)12(16)5-9-3-4-13(18)14(19)6-9/h3-4,6,10-12,18-19H,2,5,7-8,16H2,1H3,(H,17,20)/t10?,11?,12-/m0/s1. The van der Waals surface area contributed by atoms with Crippen LogP contribution in [-0.2, 0) is 16.0 Å². The van der Waals surface area contributed by atoms with Crippen molar-refractivity contribution >= 4 is 5.91 Å². The van der Waals surface area contributed by atoms with Gasteiger partial charge in [-0.05, 0) is 43.9 Å². The Morgan fingerprint density at radius 2 is 2.14 bits per heavy atom. The van der Waals surface area contributed by atoms with Gasteiger partial charge in [-0.2, -0.15) is 0 Å². The van der Waals surface area contributed by atoms with E-state index in [4.69, 9.17) is 10.5 Å². The third-order valence-corrected chi connectivity index (χ3v) is 3.68. The minimum absolute atomic E-state index is 0.133. The number of nitrogens with one attached hydrogen (secondary N) is 1. The van der Waals surface area contributed by atoms with Crippen LogP contribution in [0, 0.1) is 0 Å². The first kappa shape index (κ1) is 15.6. The maximum Gasteiger partial charge on any atom is 0.237 e. The number of rotatable bonds is 6. The first-order chi connectivity index (χ1) is 9.99. The second kappa shape index (κ2) is 6.78. The fourth-order valence-electron chi connectivity index (χ4n) is 2.41. The highest BCUT2D eigenvalue weighted by molar-refractivity contribution is 5.82. The zero-order valence-electron chi connectivity index (χ0n) is 12.1. The molecule has 0 radical (unpaired) electrons. The van der Waals surface area contributed by atoms with Gasteiger partial charge in [0.05, 0.1) is 12.1 Å². The number of amides is 1. The molecule has 6 heteroatoms. The highest BCUT2D eigenvalue weighted by Gasteiger charge is 2.31. The number of hydrogen-bond acceptors (Lipinski definition) is 5. The first-order valence-electron chi connectivity index (χ1n) is 7.18. The molecular weight excluding hydrogens is 272 g/mol. The van der Waals surface area contributed by atoms with Gasteiger partial charge in [0.15, 0.2) is 11.5 Å². The molecule has 1 aromatic carbocycles. The molecule has 5 N–H and O–H groups in total. The molecule has 1 aromatic rings. The number of phenolic OH excluding ortho intramolecular Hbond substituents is 2. The zero-order chi connectivity index (χ0) is 15.4. The quantitative estimate of drug-likeness (QED) is 0.577. The van der Waals surface area contributed by atoms with Gasteiger partial charge >= 0.3 is 0 Å². The maximum absolute atomic E-state index is 12.0. The molecule has 1 aliphatic rings. The van der Waals surface area contributed by atoms with Crippen LogP contribution in [0.2, 0.25) is 0 Å². The zero-order valence-corrected chi connectivity index (χ0v) is 12.1. The minimum Gasteiger partial charge on any atom is -0.504 e. The van der Waals surface area contributed by atoms with Gasteiger partial charge in [-0.15, -0.1) is 0 Å². The second-order valence-corrected chi connectivity index (χ2v) is 5.39. The SMILES string of the molecule is CCOC1CC(NC(=O)[C@@H](N)Cc2ccc(O)c(O)c2)C1. The molecule has 1 fully saturated rings. The lowest BCUT2D eigenvalue weighted by molar-refractivity contribution is -0.124. The van der Waals surface area contributed by atoms with Gasteiger partial charge in [0.25, 0.3) is 0 Å². The Hall–Kier alpha value is -1.79. The molecule has 6 nitrogen and oxygen atoms in total. The highest BCUT2D eigenvalue weighted by atomic mass is 16.5. The Balaban J connectivity index is 1.79. The number of nitrogens with two attached hydrogens (primary N) is 1. The van der Waals surface area contributed by atoms with Gasteiger partial charge < -0.3 is 26.0 Å². The summed E-state index contributed by atoms with van der Waals surface area (Å²) in [5.74, 6) is -0.602. The van der Waals surface area contributed by atoms with Gasteiger partial charge in [-0.25, -0.2) is 0 Å². The largest absolute Gasteiger partial charge is 0.504 e. The smallest absolute Gasteiger partial charge is 0.237 e. The molecule has 1 atom stereocenters.